The van der Waals surface area contributed by atoms with Crippen LogP contribution in [0, 0.1) is 12.3 Å². The predicted molar refractivity (Wildman–Crippen MR) is 96.0 cm³/mol. The Hall–Kier alpha value is -3.51. The number of nitrogens with one attached hydrogen (secondary N) is 2. The minimum atomic E-state index is -1.03. The summed E-state index contributed by atoms with van der Waals surface area (Å²) in [7, 11) is 0. The number of benzene rings is 1. The second-order valence-corrected chi connectivity index (χ2v) is 6.26. The molecule has 5 amide bonds. The van der Waals surface area contributed by atoms with E-state index in [9.17, 15) is 24.0 Å². The average Bonchev–Trinajstić information content (AvgIpc) is 2.90. The van der Waals surface area contributed by atoms with Crippen molar-refractivity contribution in [2.75, 3.05) is 18.5 Å². The second kappa shape index (κ2) is 8.02. The van der Waals surface area contributed by atoms with Gasteiger partial charge in [-0.2, -0.15) is 0 Å². The molecule has 1 saturated heterocycles. The van der Waals surface area contributed by atoms with Crippen LogP contribution in [-0.2, 0) is 19.1 Å². The third-order valence-electron chi connectivity index (χ3n) is 4.35. The first-order valence-corrected chi connectivity index (χ1v) is 8.59. The van der Waals surface area contributed by atoms with Crippen molar-refractivity contribution in [2.24, 2.45) is 0 Å². The van der Waals surface area contributed by atoms with E-state index in [-0.39, 0.29) is 37.2 Å². The van der Waals surface area contributed by atoms with Gasteiger partial charge in [-0.25, -0.2) is 0 Å². The van der Waals surface area contributed by atoms with Crippen LogP contribution >= 0.6 is 0 Å². The Balaban J connectivity index is 1.71. The van der Waals surface area contributed by atoms with Gasteiger partial charge in [-0.05, 0) is 24.6 Å². The molecule has 2 aliphatic heterocycles. The van der Waals surface area contributed by atoms with E-state index in [0.29, 0.717) is 12.1 Å². The predicted octanol–water partition coefficient (Wildman–Crippen LogP) is 0.0662. The number of nitrogens with zero attached hydrogens (tertiary/aromatic N) is 1. The molecule has 0 bridgehead atoms. The van der Waals surface area contributed by atoms with Gasteiger partial charge in [0.2, 0.25) is 17.7 Å². The highest BCUT2D eigenvalue weighted by Gasteiger charge is 2.44. The first kappa shape index (κ1) is 19.3. The largest absolute Gasteiger partial charge is 0.371 e. The van der Waals surface area contributed by atoms with Gasteiger partial charge in [0, 0.05) is 18.5 Å². The summed E-state index contributed by atoms with van der Waals surface area (Å²) in [5.41, 5.74) is 0.536. The number of carbonyl (C=O) groups is 5. The maximum absolute atomic E-state index is 12.7. The Morgan fingerprint density at radius 3 is 2.71 bits per heavy atom. The normalized spacial score (nSPS) is 18.5. The quantitative estimate of drug-likeness (QED) is 0.407. The van der Waals surface area contributed by atoms with Crippen LogP contribution in [0.15, 0.2) is 18.2 Å². The lowest BCUT2D eigenvalue weighted by atomic mass is 10.0. The van der Waals surface area contributed by atoms with Crippen LogP contribution in [0.3, 0.4) is 0 Å². The van der Waals surface area contributed by atoms with E-state index in [2.05, 4.69) is 16.6 Å². The Bertz CT molecular complexity index is 917. The van der Waals surface area contributed by atoms with Crippen LogP contribution in [0.5, 0.6) is 0 Å². The molecule has 2 N–H and O–H groups in total. The zero-order valence-corrected chi connectivity index (χ0v) is 14.8. The standard InChI is InChI=1S/C19H17N3O6/c1-2-3-8-28-10-16(24)20-11-4-5-12-13(9-11)19(27)22(18(12)26)14-6-7-15(23)21-17(14)25/h1,4-5,9,14H,3,6-8,10H2,(H,20,24)(H,21,23,25). The molecule has 0 spiro atoms. The summed E-state index contributed by atoms with van der Waals surface area (Å²) in [6.45, 7) is 0.0516. The highest BCUT2D eigenvalue weighted by atomic mass is 16.5. The van der Waals surface area contributed by atoms with Gasteiger partial charge in [-0.3, -0.25) is 34.2 Å². The van der Waals surface area contributed by atoms with Crippen molar-refractivity contribution >= 4 is 35.2 Å². The van der Waals surface area contributed by atoms with E-state index in [1.165, 1.54) is 18.2 Å². The number of imide groups is 2. The number of piperidine rings is 1. The number of fused-ring (bicyclic) bond motifs is 1. The fraction of sp³-hybridized carbons (Fsp3) is 0.316. The number of hydrogen-bond donors (Lipinski definition) is 2. The van der Waals surface area contributed by atoms with E-state index in [4.69, 9.17) is 11.2 Å². The van der Waals surface area contributed by atoms with Crippen molar-refractivity contribution in [3.8, 4) is 12.3 Å². The van der Waals surface area contributed by atoms with Gasteiger partial charge in [-0.15, -0.1) is 12.3 Å². The zero-order chi connectivity index (χ0) is 20.3. The van der Waals surface area contributed by atoms with Crippen molar-refractivity contribution in [2.45, 2.75) is 25.3 Å². The Morgan fingerprint density at radius 1 is 1.25 bits per heavy atom. The summed E-state index contributed by atoms with van der Waals surface area (Å²) in [5, 5.41) is 4.70. The van der Waals surface area contributed by atoms with Crippen molar-refractivity contribution in [1.82, 2.24) is 10.2 Å². The van der Waals surface area contributed by atoms with Crippen LogP contribution in [0.1, 0.15) is 40.0 Å². The van der Waals surface area contributed by atoms with Gasteiger partial charge in [0.15, 0.2) is 0 Å². The van der Waals surface area contributed by atoms with E-state index < -0.39 is 35.6 Å². The summed E-state index contributed by atoms with van der Waals surface area (Å²) in [6.07, 6.45) is 5.60. The minimum absolute atomic E-state index is 0.0464. The van der Waals surface area contributed by atoms with E-state index >= 15 is 0 Å². The van der Waals surface area contributed by atoms with Gasteiger partial charge < -0.3 is 10.1 Å². The molecule has 0 aromatic heterocycles. The van der Waals surface area contributed by atoms with Gasteiger partial charge in [0.1, 0.15) is 12.6 Å². The van der Waals surface area contributed by atoms with Gasteiger partial charge in [0.25, 0.3) is 11.8 Å². The van der Waals surface area contributed by atoms with Crippen molar-refractivity contribution in [1.29, 1.82) is 0 Å². The van der Waals surface area contributed by atoms with E-state index in [0.717, 1.165) is 4.90 Å². The van der Waals surface area contributed by atoms with Crippen LogP contribution in [0.4, 0.5) is 5.69 Å². The molecule has 28 heavy (non-hydrogen) atoms. The lowest BCUT2D eigenvalue weighted by Gasteiger charge is -2.27. The molecular formula is C19H17N3O6. The summed E-state index contributed by atoms with van der Waals surface area (Å²) in [5.74, 6) is -0.412. The lowest BCUT2D eigenvalue weighted by Crippen LogP contribution is -2.54. The third kappa shape index (κ3) is 3.77. The molecular weight excluding hydrogens is 366 g/mol. The third-order valence-corrected chi connectivity index (χ3v) is 4.35. The summed E-state index contributed by atoms with van der Waals surface area (Å²) in [6, 6.07) is 3.24. The number of terminal acetylenes is 1. The second-order valence-electron chi connectivity index (χ2n) is 6.26. The number of anilines is 1. The fourth-order valence-corrected chi connectivity index (χ4v) is 3.04. The van der Waals surface area contributed by atoms with Crippen LogP contribution < -0.4 is 10.6 Å². The van der Waals surface area contributed by atoms with Gasteiger partial charge in [-0.1, -0.05) is 0 Å². The van der Waals surface area contributed by atoms with Gasteiger partial charge >= 0.3 is 0 Å². The van der Waals surface area contributed by atoms with Crippen molar-refractivity contribution in [3.05, 3.63) is 29.3 Å². The molecule has 144 valence electrons. The Labute approximate surface area is 160 Å². The highest BCUT2D eigenvalue weighted by molar-refractivity contribution is 6.23. The summed E-state index contributed by atoms with van der Waals surface area (Å²) < 4.78 is 5.10. The molecule has 0 aliphatic carbocycles. The van der Waals surface area contributed by atoms with Crippen molar-refractivity contribution in [3.63, 3.8) is 0 Å². The number of amides is 5. The molecule has 2 heterocycles. The first-order chi connectivity index (χ1) is 13.4. The molecule has 1 aromatic rings. The molecule has 9 heteroatoms. The molecule has 0 saturated carbocycles. The fourth-order valence-electron chi connectivity index (χ4n) is 3.04. The number of rotatable bonds is 6. The molecule has 1 atom stereocenters. The highest BCUT2D eigenvalue weighted by Crippen LogP contribution is 2.29. The molecule has 1 unspecified atom stereocenters. The minimum Gasteiger partial charge on any atom is -0.371 e. The van der Waals surface area contributed by atoms with E-state index in [1.807, 2.05) is 0 Å². The molecule has 3 rings (SSSR count). The number of carbonyl (C=O) groups excluding carboxylic acids is 5. The van der Waals surface area contributed by atoms with Crippen molar-refractivity contribution < 1.29 is 28.7 Å². The summed E-state index contributed by atoms with van der Waals surface area (Å²) >= 11 is 0. The number of ether oxygens (including phenoxy) is 1. The lowest BCUT2D eigenvalue weighted by molar-refractivity contribution is -0.136. The molecule has 2 aliphatic rings. The Morgan fingerprint density at radius 2 is 2.00 bits per heavy atom. The molecule has 9 nitrogen and oxygen atoms in total. The smallest absolute Gasteiger partial charge is 0.262 e. The maximum Gasteiger partial charge on any atom is 0.262 e. The first-order valence-electron chi connectivity index (χ1n) is 8.59. The summed E-state index contributed by atoms with van der Waals surface area (Å²) in [4.78, 5) is 61.3. The molecule has 0 radical (unpaired) electrons. The van der Waals surface area contributed by atoms with Crippen LogP contribution in [-0.4, -0.2) is 53.7 Å². The molecule has 1 aromatic carbocycles. The molecule has 1 fully saturated rings. The van der Waals surface area contributed by atoms with Crippen LogP contribution in [0.2, 0.25) is 0 Å². The zero-order valence-electron chi connectivity index (χ0n) is 14.8. The Kier molecular flexibility index (Phi) is 5.52. The van der Waals surface area contributed by atoms with E-state index in [1.54, 1.807) is 0 Å². The monoisotopic (exact) mass is 383 g/mol. The topological polar surface area (TPSA) is 122 Å². The van der Waals surface area contributed by atoms with Gasteiger partial charge in [0.05, 0.1) is 17.7 Å². The van der Waals surface area contributed by atoms with Crippen LogP contribution in [0.25, 0.3) is 0 Å². The SMILES string of the molecule is C#CCCOCC(=O)Nc1ccc2c(c1)C(=O)N(C1CCC(=O)NC1=O)C2=O. The average molecular weight is 383 g/mol. The number of hydrogen-bond acceptors (Lipinski definition) is 6. The maximum atomic E-state index is 12.7.